The van der Waals surface area contributed by atoms with Gasteiger partial charge in [0.05, 0.1) is 11.5 Å². The van der Waals surface area contributed by atoms with E-state index >= 15 is 0 Å². The van der Waals surface area contributed by atoms with E-state index in [4.69, 9.17) is 0 Å². The lowest BCUT2D eigenvalue weighted by atomic mass is 10.1. The van der Waals surface area contributed by atoms with Gasteiger partial charge in [-0.05, 0) is 36.6 Å². The Morgan fingerprint density at radius 3 is 2.45 bits per heavy atom. The number of nitrogens with zero attached hydrogens (tertiary/aromatic N) is 1. The van der Waals surface area contributed by atoms with E-state index in [-0.39, 0.29) is 29.8 Å². The number of benzene rings is 1. The van der Waals surface area contributed by atoms with E-state index in [0.29, 0.717) is 6.42 Å². The molecule has 1 N–H and O–H groups in total. The van der Waals surface area contributed by atoms with Crippen LogP contribution in [0.2, 0.25) is 0 Å². The number of carbonyl (C=O) groups excluding carboxylic acids is 1. The zero-order valence-electron chi connectivity index (χ0n) is 11.8. The molecule has 5 nitrogen and oxygen atoms in total. The molecule has 0 radical (unpaired) electrons. The summed E-state index contributed by atoms with van der Waals surface area (Å²) in [7, 11) is 0.990. The molecule has 20 heavy (non-hydrogen) atoms. The molecule has 1 aliphatic rings. The maximum absolute atomic E-state index is 11.9. The van der Waals surface area contributed by atoms with Crippen LogP contribution in [0.3, 0.4) is 0 Å². The van der Waals surface area contributed by atoms with Gasteiger partial charge in [-0.3, -0.25) is 4.79 Å². The van der Waals surface area contributed by atoms with E-state index in [1.165, 1.54) is 0 Å². The molecule has 0 spiro atoms. The van der Waals surface area contributed by atoms with Gasteiger partial charge >= 0.3 is 0 Å². The van der Waals surface area contributed by atoms with Crippen LogP contribution in [0.5, 0.6) is 0 Å². The van der Waals surface area contributed by atoms with Crippen molar-refractivity contribution in [1.82, 2.24) is 0 Å². The Morgan fingerprint density at radius 1 is 1.30 bits per heavy atom. The molecule has 1 heterocycles. The van der Waals surface area contributed by atoms with Crippen LogP contribution in [0.4, 0.5) is 11.4 Å². The lowest BCUT2D eigenvalue weighted by Crippen LogP contribution is -2.17. The first-order chi connectivity index (χ1) is 9.35. The molecular weight excluding hydrogens is 276 g/mol. The Bertz CT molecular complexity index is 579. The Hall–Kier alpha value is -1.56. The minimum absolute atomic E-state index is 0.0407. The van der Waals surface area contributed by atoms with Gasteiger partial charge in [-0.15, -0.1) is 0 Å². The van der Waals surface area contributed by atoms with Crippen LogP contribution >= 0.6 is 0 Å². The summed E-state index contributed by atoms with van der Waals surface area (Å²) in [6.07, 6.45) is 0.865. The van der Waals surface area contributed by atoms with Gasteiger partial charge in [0.15, 0.2) is 9.84 Å². The van der Waals surface area contributed by atoms with Crippen molar-refractivity contribution < 1.29 is 13.2 Å². The molecule has 1 atom stereocenters. The topological polar surface area (TPSA) is 66.5 Å². The number of hydrogen-bond acceptors (Lipinski definition) is 4. The fraction of sp³-hybridized carbons (Fsp3) is 0.500. The molecule has 0 aliphatic carbocycles. The van der Waals surface area contributed by atoms with Crippen molar-refractivity contribution >= 4 is 27.1 Å². The average molecular weight is 296 g/mol. The molecule has 1 aromatic rings. The molecule has 1 aromatic carbocycles. The third-order valence-electron chi connectivity index (χ3n) is 3.47. The van der Waals surface area contributed by atoms with Crippen molar-refractivity contribution in [2.24, 2.45) is 5.92 Å². The largest absolute Gasteiger partial charge is 0.378 e. The summed E-state index contributed by atoms with van der Waals surface area (Å²) in [4.78, 5) is 13.9. The normalized spacial score (nSPS) is 20.6. The SMILES string of the molecule is CN(C)c1ccc(NC(=O)C[C@H]2CCS(=O)(=O)C2)cc1. The number of carbonyl (C=O) groups is 1. The maximum Gasteiger partial charge on any atom is 0.224 e. The van der Waals surface area contributed by atoms with Crippen LogP contribution in [0.25, 0.3) is 0 Å². The average Bonchev–Trinajstić information content (AvgIpc) is 2.69. The van der Waals surface area contributed by atoms with E-state index in [1.54, 1.807) is 0 Å². The lowest BCUT2D eigenvalue weighted by molar-refractivity contribution is -0.116. The minimum Gasteiger partial charge on any atom is -0.378 e. The Labute approximate surface area is 119 Å². The first-order valence-corrected chi connectivity index (χ1v) is 8.45. The molecule has 1 saturated heterocycles. The predicted molar refractivity (Wildman–Crippen MR) is 80.8 cm³/mol. The zero-order chi connectivity index (χ0) is 14.8. The summed E-state index contributed by atoms with van der Waals surface area (Å²) in [6, 6.07) is 7.54. The second-order valence-corrected chi connectivity index (χ2v) is 7.69. The lowest BCUT2D eigenvalue weighted by Gasteiger charge is -2.13. The molecule has 0 bridgehead atoms. The van der Waals surface area contributed by atoms with Crippen LogP contribution < -0.4 is 10.2 Å². The first kappa shape index (κ1) is 14.8. The molecule has 1 amide bonds. The molecular formula is C14H20N2O3S. The highest BCUT2D eigenvalue weighted by Crippen LogP contribution is 2.22. The van der Waals surface area contributed by atoms with Gasteiger partial charge in [-0.2, -0.15) is 0 Å². The molecule has 0 unspecified atom stereocenters. The van der Waals surface area contributed by atoms with Gasteiger partial charge in [0.25, 0.3) is 0 Å². The van der Waals surface area contributed by atoms with Crippen molar-refractivity contribution in [1.29, 1.82) is 0 Å². The number of amides is 1. The summed E-state index contributed by atoms with van der Waals surface area (Å²) in [6.45, 7) is 0. The molecule has 2 rings (SSSR count). The number of sulfone groups is 1. The van der Waals surface area contributed by atoms with Crippen molar-refractivity contribution in [2.45, 2.75) is 12.8 Å². The molecule has 0 saturated carbocycles. The van der Waals surface area contributed by atoms with E-state index in [2.05, 4.69) is 5.32 Å². The maximum atomic E-state index is 11.9. The zero-order valence-corrected chi connectivity index (χ0v) is 12.6. The molecule has 1 fully saturated rings. The Balaban J connectivity index is 1.88. The second-order valence-electron chi connectivity index (χ2n) is 5.46. The highest BCUT2D eigenvalue weighted by Gasteiger charge is 2.29. The van der Waals surface area contributed by atoms with Crippen molar-refractivity contribution in [3.63, 3.8) is 0 Å². The van der Waals surface area contributed by atoms with Crippen LogP contribution in [0.1, 0.15) is 12.8 Å². The second kappa shape index (κ2) is 5.83. The fourth-order valence-corrected chi connectivity index (χ4v) is 4.21. The van der Waals surface area contributed by atoms with Gasteiger partial charge in [0.1, 0.15) is 0 Å². The Morgan fingerprint density at radius 2 is 1.95 bits per heavy atom. The van der Waals surface area contributed by atoms with Crippen molar-refractivity contribution in [3.05, 3.63) is 24.3 Å². The van der Waals surface area contributed by atoms with Gasteiger partial charge in [-0.1, -0.05) is 0 Å². The number of hydrogen-bond donors (Lipinski definition) is 1. The minimum atomic E-state index is -2.91. The van der Waals surface area contributed by atoms with E-state index < -0.39 is 9.84 Å². The summed E-state index contributed by atoms with van der Waals surface area (Å²) in [5, 5.41) is 2.81. The van der Waals surface area contributed by atoms with E-state index in [9.17, 15) is 13.2 Å². The molecule has 0 aromatic heterocycles. The third kappa shape index (κ3) is 3.96. The van der Waals surface area contributed by atoms with Gasteiger partial charge in [-0.25, -0.2) is 8.42 Å². The van der Waals surface area contributed by atoms with Gasteiger partial charge < -0.3 is 10.2 Å². The summed E-state index contributed by atoms with van der Waals surface area (Å²) < 4.78 is 22.7. The number of anilines is 2. The van der Waals surface area contributed by atoms with Crippen LogP contribution in [-0.4, -0.2) is 39.9 Å². The predicted octanol–water partition coefficient (Wildman–Crippen LogP) is 1.52. The third-order valence-corrected chi connectivity index (χ3v) is 5.31. The van der Waals surface area contributed by atoms with E-state index in [0.717, 1.165) is 11.4 Å². The van der Waals surface area contributed by atoms with Crippen LogP contribution in [-0.2, 0) is 14.6 Å². The van der Waals surface area contributed by atoms with E-state index in [1.807, 2.05) is 43.3 Å². The molecule has 6 heteroatoms. The van der Waals surface area contributed by atoms with Crippen LogP contribution in [0.15, 0.2) is 24.3 Å². The highest BCUT2D eigenvalue weighted by atomic mass is 32.2. The number of rotatable bonds is 4. The fourth-order valence-electron chi connectivity index (χ4n) is 2.35. The van der Waals surface area contributed by atoms with Crippen molar-refractivity contribution in [2.75, 3.05) is 35.8 Å². The number of nitrogens with one attached hydrogen (secondary N) is 1. The van der Waals surface area contributed by atoms with Crippen molar-refractivity contribution in [3.8, 4) is 0 Å². The standard InChI is InChI=1S/C14H20N2O3S/c1-16(2)13-5-3-12(4-6-13)15-14(17)9-11-7-8-20(18,19)10-11/h3-6,11H,7-10H2,1-2H3,(H,15,17)/t11-/m1/s1. The highest BCUT2D eigenvalue weighted by molar-refractivity contribution is 7.91. The Kier molecular flexibility index (Phi) is 4.32. The molecule has 1 aliphatic heterocycles. The summed E-state index contributed by atoms with van der Waals surface area (Å²) >= 11 is 0. The van der Waals surface area contributed by atoms with Gasteiger partial charge in [0.2, 0.25) is 5.91 Å². The first-order valence-electron chi connectivity index (χ1n) is 6.63. The van der Waals surface area contributed by atoms with Crippen LogP contribution in [0, 0.1) is 5.92 Å². The smallest absolute Gasteiger partial charge is 0.224 e. The quantitative estimate of drug-likeness (QED) is 0.914. The summed E-state index contributed by atoms with van der Waals surface area (Å²) in [5.74, 6) is 0.188. The molecule has 110 valence electrons. The van der Waals surface area contributed by atoms with Gasteiger partial charge in [0, 0.05) is 31.9 Å². The summed E-state index contributed by atoms with van der Waals surface area (Å²) in [5.41, 5.74) is 1.80. The monoisotopic (exact) mass is 296 g/mol.